The lowest BCUT2D eigenvalue weighted by atomic mass is 10.00. The number of hydrogen-bond donors (Lipinski definition) is 0. The fraction of sp³-hybridized carbons (Fsp3) is 0.370. The standard InChI is InChI=1S/C27H29F3N2O2S/c1-34-17-16-31-14-12-24(13-15-31)32(26(33)25-3-2-18-35-25)19-20-4-6-21(7-5-20)22-8-10-23(11-9-22)27(28,29)30/h2-11,18,24H,12-17,19H2,1H3. The van der Waals surface area contributed by atoms with Gasteiger partial charge < -0.3 is 14.5 Å². The lowest BCUT2D eigenvalue weighted by molar-refractivity contribution is -0.137. The van der Waals surface area contributed by atoms with Crippen LogP contribution in [0, 0.1) is 0 Å². The van der Waals surface area contributed by atoms with E-state index in [2.05, 4.69) is 4.90 Å². The Morgan fingerprint density at radius 1 is 1.03 bits per heavy atom. The summed E-state index contributed by atoms with van der Waals surface area (Å²) in [6.45, 7) is 3.94. The fourth-order valence-electron chi connectivity index (χ4n) is 4.43. The van der Waals surface area contributed by atoms with Gasteiger partial charge in [0, 0.05) is 39.3 Å². The summed E-state index contributed by atoms with van der Waals surface area (Å²) in [5.41, 5.74) is 1.89. The number of methoxy groups -OCH3 is 1. The highest BCUT2D eigenvalue weighted by Crippen LogP contribution is 2.31. The molecular formula is C27H29F3N2O2S. The summed E-state index contributed by atoms with van der Waals surface area (Å²) >= 11 is 1.45. The van der Waals surface area contributed by atoms with Gasteiger partial charge in [0.05, 0.1) is 17.0 Å². The average Bonchev–Trinajstić information content (AvgIpc) is 3.41. The monoisotopic (exact) mass is 502 g/mol. The Labute approximate surface area is 207 Å². The van der Waals surface area contributed by atoms with Crippen molar-refractivity contribution in [1.82, 2.24) is 9.80 Å². The normalized spacial score (nSPS) is 15.3. The molecule has 4 rings (SSSR count). The number of rotatable bonds is 8. The summed E-state index contributed by atoms with van der Waals surface area (Å²) in [4.78, 5) is 18.5. The molecule has 1 aromatic heterocycles. The second-order valence-electron chi connectivity index (χ2n) is 8.75. The van der Waals surface area contributed by atoms with Crippen molar-refractivity contribution in [3.05, 3.63) is 82.0 Å². The van der Waals surface area contributed by atoms with E-state index in [1.807, 2.05) is 46.7 Å². The molecule has 186 valence electrons. The number of piperidine rings is 1. The van der Waals surface area contributed by atoms with Crippen molar-refractivity contribution in [3.63, 3.8) is 0 Å². The molecule has 1 aliphatic rings. The quantitative estimate of drug-likeness (QED) is 0.368. The molecule has 2 aromatic carbocycles. The van der Waals surface area contributed by atoms with Crippen molar-refractivity contribution < 1.29 is 22.7 Å². The SMILES string of the molecule is COCCN1CCC(N(Cc2ccc(-c3ccc(C(F)(F)F)cc3)cc2)C(=O)c2cccs2)CC1. The van der Waals surface area contributed by atoms with Gasteiger partial charge in [-0.15, -0.1) is 11.3 Å². The van der Waals surface area contributed by atoms with E-state index in [9.17, 15) is 18.0 Å². The van der Waals surface area contributed by atoms with E-state index in [4.69, 9.17) is 4.74 Å². The number of nitrogens with zero attached hydrogens (tertiary/aromatic N) is 2. The molecule has 1 amide bonds. The molecule has 3 aromatic rings. The van der Waals surface area contributed by atoms with E-state index >= 15 is 0 Å². The van der Waals surface area contributed by atoms with Crippen molar-refractivity contribution in [2.24, 2.45) is 0 Å². The fourth-order valence-corrected chi connectivity index (χ4v) is 5.11. The van der Waals surface area contributed by atoms with Gasteiger partial charge in [0.25, 0.3) is 5.91 Å². The second kappa shape index (κ2) is 11.4. The van der Waals surface area contributed by atoms with Gasteiger partial charge >= 0.3 is 6.18 Å². The number of thiophene rings is 1. The topological polar surface area (TPSA) is 32.8 Å². The molecule has 0 N–H and O–H groups in total. The summed E-state index contributed by atoms with van der Waals surface area (Å²) in [6, 6.07) is 16.8. The number of carbonyl (C=O) groups excluding carboxylic acids is 1. The van der Waals surface area contributed by atoms with E-state index in [0.29, 0.717) is 13.2 Å². The lowest BCUT2D eigenvalue weighted by Crippen LogP contribution is -2.47. The highest BCUT2D eigenvalue weighted by Gasteiger charge is 2.30. The van der Waals surface area contributed by atoms with Gasteiger partial charge in [-0.05, 0) is 53.1 Å². The van der Waals surface area contributed by atoms with Crippen LogP contribution < -0.4 is 0 Å². The predicted octanol–water partition coefficient (Wildman–Crippen LogP) is 6.19. The first kappa shape index (κ1) is 25.4. The summed E-state index contributed by atoms with van der Waals surface area (Å²) < 4.78 is 43.8. The van der Waals surface area contributed by atoms with Gasteiger partial charge in [-0.25, -0.2) is 0 Å². The maximum atomic E-state index is 13.4. The first-order chi connectivity index (χ1) is 16.8. The van der Waals surface area contributed by atoms with Crippen molar-refractivity contribution in [2.75, 3.05) is 33.4 Å². The molecule has 0 spiro atoms. The summed E-state index contributed by atoms with van der Waals surface area (Å²) in [5, 5.41) is 1.91. The molecule has 0 bridgehead atoms. The number of likely N-dealkylation sites (tertiary alicyclic amines) is 1. The summed E-state index contributed by atoms with van der Waals surface area (Å²) in [7, 11) is 1.71. The number of hydrogen-bond acceptors (Lipinski definition) is 4. The van der Waals surface area contributed by atoms with Crippen LogP contribution in [0.3, 0.4) is 0 Å². The first-order valence-corrected chi connectivity index (χ1v) is 12.6. The van der Waals surface area contributed by atoms with Crippen LogP contribution in [0.1, 0.15) is 33.6 Å². The number of ether oxygens (including phenoxy) is 1. The van der Waals surface area contributed by atoms with Crippen LogP contribution in [0.5, 0.6) is 0 Å². The number of halogens is 3. The number of benzene rings is 2. The van der Waals surface area contributed by atoms with Crippen LogP contribution in [0.15, 0.2) is 66.0 Å². The number of alkyl halides is 3. The van der Waals surface area contributed by atoms with Crippen molar-refractivity contribution in [3.8, 4) is 11.1 Å². The molecule has 0 atom stereocenters. The van der Waals surface area contributed by atoms with Crippen LogP contribution in [-0.4, -0.2) is 55.1 Å². The molecule has 0 saturated carbocycles. The first-order valence-electron chi connectivity index (χ1n) is 11.7. The van der Waals surface area contributed by atoms with Crippen LogP contribution in [0.4, 0.5) is 13.2 Å². The third kappa shape index (κ3) is 6.51. The Morgan fingerprint density at radius 2 is 1.66 bits per heavy atom. The smallest absolute Gasteiger partial charge is 0.383 e. The number of carbonyl (C=O) groups is 1. The molecule has 2 heterocycles. The molecule has 4 nitrogen and oxygen atoms in total. The molecule has 1 aliphatic heterocycles. The zero-order valence-corrected chi connectivity index (χ0v) is 20.4. The molecule has 35 heavy (non-hydrogen) atoms. The highest BCUT2D eigenvalue weighted by atomic mass is 32.1. The van der Waals surface area contributed by atoms with Crippen molar-refractivity contribution in [2.45, 2.75) is 31.6 Å². The van der Waals surface area contributed by atoms with Gasteiger partial charge in [0.15, 0.2) is 0 Å². The Kier molecular flexibility index (Phi) is 8.26. The Hall–Kier alpha value is -2.68. The zero-order valence-electron chi connectivity index (χ0n) is 19.6. The lowest BCUT2D eigenvalue weighted by Gasteiger charge is -2.38. The van der Waals surface area contributed by atoms with E-state index in [0.717, 1.165) is 66.2 Å². The van der Waals surface area contributed by atoms with Crippen LogP contribution in [-0.2, 0) is 17.5 Å². The van der Waals surface area contributed by atoms with Gasteiger partial charge in [-0.2, -0.15) is 13.2 Å². The molecule has 0 unspecified atom stereocenters. The third-order valence-electron chi connectivity index (χ3n) is 6.45. The molecule has 0 aliphatic carbocycles. The van der Waals surface area contributed by atoms with E-state index in [-0.39, 0.29) is 11.9 Å². The average molecular weight is 503 g/mol. The zero-order chi connectivity index (χ0) is 24.8. The Bertz CT molecular complexity index is 1080. The minimum Gasteiger partial charge on any atom is -0.383 e. The molecule has 1 fully saturated rings. The van der Waals surface area contributed by atoms with Gasteiger partial charge in [-0.3, -0.25) is 4.79 Å². The maximum absolute atomic E-state index is 13.4. The predicted molar refractivity (Wildman–Crippen MR) is 132 cm³/mol. The minimum absolute atomic E-state index is 0.0437. The molecule has 8 heteroatoms. The van der Waals surface area contributed by atoms with Crippen molar-refractivity contribution in [1.29, 1.82) is 0 Å². The van der Waals surface area contributed by atoms with Gasteiger partial charge in [0.2, 0.25) is 0 Å². The largest absolute Gasteiger partial charge is 0.416 e. The molecule has 0 radical (unpaired) electrons. The summed E-state index contributed by atoms with van der Waals surface area (Å²) in [5.74, 6) is 0.0437. The second-order valence-corrected chi connectivity index (χ2v) is 9.70. The molecular weight excluding hydrogens is 473 g/mol. The van der Waals surface area contributed by atoms with Gasteiger partial charge in [0.1, 0.15) is 0 Å². The van der Waals surface area contributed by atoms with E-state index in [1.165, 1.54) is 23.5 Å². The Morgan fingerprint density at radius 3 is 2.20 bits per heavy atom. The van der Waals surface area contributed by atoms with E-state index in [1.54, 1.807) is 7.11 Å². The highest BCUT2D eigenvalue weighted by molar-refractivity contribution is 7.12. The van der Waals surface area contributed by atoms with Gasteiger partial charge in [-0.1, -0.05) is 42.5 Å². The summed E-state index contributed by atoms with van der Waals surface area (Å²) in [6.07, 6.45) is -2.53. The minimum atomic E-state index is -4.35. The van der Waals surface area contributed by atoms with Crippen LogP contribution in [0.25, 0.3) is 11.1 Å². The third-order valence-corrected chi connectivity index (χ3v) is 7.31. The molecule has 1 saturated heterocycles. The van der Waals surface area contributed by atoms with Crippen LogP contribution in [0.2, 0.25) is 0 Å². The maximum Gasteiger partial charge on any atom is 0.416 e. The van der Waals surface area contributed by atoms with Crippen LogP contribution >= 0.6 is 11.3 Å². The Balaban J connectivity index is 1.47. The van der Waals surface area contributed by atoms with E-state index < -0.39 is 11.7 Å². The number of amides is 1. The van der Waals surface area contributed by atoms with Crippen molar-refractivity contribution >= 4 is 17.2 Å².